The van der Waals surface area contributed by atoms with Crippen molar-refractivity contribution in [2.75, 3.05) is 0 Å². The van der Waals surface area contributed by atoms with Gasteiger partial charge in [-0.15, -0.1) is 0 Å². The third-order valence-corrected chi connectivity index (χ3v) is 6.70. The molecule has 0 aromatic heterocycles. The quantitative estimate of drug-likeness (QED) is 0.320. The van der Waals surface area contributed by atoms with E-state index in [-0.39, 0.29) is 5.92 Å². The molecule has 4 aromatic carbocycles. The lowest BCUT2D eigenvalue weighted by Gasteiger charge is -2.16. The minimum absolute atomic E-state index is 0.281. The van der Waals surface area contributed by atoms with Crippen LogP contribution in [0.3, 0.4) is 0 Å². The first-order valence-corrected chi connectivity index (χ1v) is 11.2. The Morgan fingerprint density at radius 1 is 0.531 bits per heavy atom. The molecule has 0 nitrogen and oxygen atoms in total. The van der Waals surface area contributed by atoms with Crippen LogP contribution in [0, 0.1) is 0 Å². The molecule has 2 aliphatic rings. The predicted octanol–water partition coefficient (Wildman–Crippen LogP) is 8.19. The second-order valence-electron chi connectivity index (χ2n) is 8.60. The molecule has 0 aliphatic heterocycles. The average Bonchev–Trinajstić information content (AvgIpc) is 3.38. The van der Waals surface area contributed by atoms with Crippen LogP contribution in [0.2, 0.25) is 0 Å². The summed E-state index contributed by atoms with van der Waals surface area (Å²) in [4.78, 5) is 0. The Morgan fingerprint density at radius 2 is 1.00 bits per heavy atom. The fourth-order valence-electron chi connectivity index (χ4n) is 5.30. The summed E-state index contributed by atoms with van der Waals surface area (Å²) in [5.74, 6) is 0.281. The number of allylic oxidation sites excluding steroid dienone is 5. The molecule has 0 saturated carbocycles. The molecule has 0 atom stereocenters. The van der Waals surface area contributed by atoms with E-state index in [1.165, 1.54) is 55.7 Å². The topological polar surface area (TPSA) is 0 Å². The highest BCUT2D eigenvalue weighted by Crippen LogP contribution is 2.51. The Balaban J connectivity index is 1.57. The molecule has 2 aliphatic carbocycles. The van der Waals surface area contributed by atoms with E-state index in [1.807, 2.05) is 0 Å². The van der Waals surface area contributed by atoms with Crippen LogP contribution in [0.25, 0.3) is 16.7 Å². The van der Waals surface area contributed by atoms with Gasteiger partial charge in [-0.2, -0.15) is 0 Å². The van der Waals surface area contributed by atoms with Gasteiger partial charge in [-0.05, 0) is 68.7 Å². The second-order valence-corrected chi connectivity index (χ2v) is 8.60. The molecule has 0 fully saturated rings. The van der Waals surface area contributed by atoms with E-state index in [1.54, 1.807) is 0 Å². The summed E-state index contributed by atoms with van der Waals surface area (Å²) in [6.07, 6.45) is 4.79. The maximum atomic E-state index is 2.42. The van der Waals surface area contributed by atoms with E-state index in [0.717, 1.165) is 0 Å². The fourth-order valence-corrected chi connectivity index (χ4v) is 5.30. The summed E-state index contributed by atoms with van der Waals surface area (Å²) < 4.78 is 0. The van der Waals surface area contributed by atoms with Crippen molar-refractivity contribution in [1.82, 2.24) is 0 Å². The van der Waals surface area contributed by atoms with Crippen LogP contribution in [0.5, 0.6) is 0 Å². The molecule has 32 heavy (non-hydrogen) atoms. The van der Waals surface area contributed by atoms with Crippen molar-refractivity contribution in [1.29, 1.82) is 0 Å². The number of rotatable bonds is 3. The van der Waals surface area contributed by atoms with E-state index in [4.69, 9.17) is 0 Å². The first-order valence-electron chi connectivity index (χ1n) is 11.2. The SMILES string of the molecule is CC1=CC(=C(c2ccccc2)c2ccccc2)C=C1C1c2ccccc2-c2ccccc21. The van der Waals surface area contributed by atoms with Crippen molar-refractivity contribution in [3.05, 3.63) is 160 Å². The van der Waals surface area contributed by atoms with Crippen LogP contribution in [0.1, 0.15) is 35.1 Å². The molecule has 0 spiro atoms. The zero-order chi connectivity index (χ0) is 21.5. The third kappa shape index (κ3) is 2.99. The van der Waals surface area contributed by atoms with Gasteiger partial charge in [0.15, 0.2) is 0 Å². The fraction of sp³-hybridized carbons (Fsp3) is 0.0625. The monoisotopic (exact) mass is 408 g/mol. The normalized spacial score (nSPS) is 14.6. The Hall–Kier alpha value is -3.90. The summed E-state index contributed by atoms with van der Waals surface area (Å²) in [6.45, 7) is 2.26. The van der Waals surface area contributed by atoms with Gasteiger partial charge in [0.05, 0.1) is 0 Å². The van der Waals surface area contributed by atoms with Crippen LogP contribution >= 0.6 is 0 Å². The Morgan fingerprint density at radius 3 is 1.53 bits per heavy atom. The van der Waals surface area contributed by atoms with Crippen molar-refractivity contribution in [3.8, 4) is 11.1 Å². The molecule has 0 saturated heterocycles. The summed E-state index contributed by atoms with van der Waals surface area (Å²) in [6, 6.07) is 39.3. The van der Waals surface area contributed by atoms with E-state index in [0.29, 0.717) is 0 Å². The van der Waals surface area contributed by atoms with Gasteiger partial charge < -0.3 is 0 Å². The standard InChI is InChI=1S/C32H24/c1-22-20-25(31(23-12-4-2-5-13-23)24-14-6-3-7-15-24)21-30(22)32-28-18-10-8-16-26(28)27-17-9-11-19-29(27)32/h2-21,32H,1H3. The first kappa shape index (κ1) is 18.8. The van der Waals surface area contributed by atoms with Gasteiger partial charge >= 0.3 is 0 Å². The maximum absolute atomic E-state index is 2.42. The smallest absolute Gasteiger partial charge is 0.0355 e. The maximum Gasteiger partial charge on any atom is 0.0355 e. The van der Waals surface area contributed by atoms with Crippen LogP contribution in [-0.4, -0.2) is 0 Å². The molecule has 152 valence electrons. The molecule has 0 heteroatoms. The minimum Gasteiger partial charge on any atom is -0.0622 e. The molecule has 4 aromatic rings. The van der Waals surface area contributed by atoms with Crippen LogP contribution < -0.4 is 0 Å². The van der Waals surface area contributed by atoms with Gasteiger partial charge in [0.2, 0.25) is 0 Å². The summed E-state index contributed by atoms with van der Waals surface area (Å²) in [5.41, 5.74) is 13.4. The van der Waals surface area contributed by atoms with E-state index in [9.17, 15) is 0 Å². The molecule has 6 rings (SSSR count). The number of hydrogen-bond acceptors (Lipinski definition) is 0. The molecule has 0 N–H and O–H groups in total. The molecule has 0 radical (unpaired) electrons. The molecule has 0 amide bonds. The van der Waals surface area contributed by atoms with Gasteiger partial charge in [-0.1, -0.05) is 115 Å². The lowest BCUT2D eigenvalue weighted by Crippen LogP contribution is -2.00. The minimum atomic E-state index is 0.281. The Kier molecular flexibility index (Phi) is 4.51. The van der Waals surface area contributed by atoms with E-state index in [2.05, 4.69) is 128 Å². The highest BCUT2D eigenvalue weighted by Gasteiger charge is 2.33. The lowest BCUT2D eigenvalue weighted by atomic mass is 9.86. The van der Waals surface area contributed by atoms with Crippen molar-refractivity contribution >= 4 is 5.57 Å². The lowest BCUT2D eigenvalue weighted by molar-refractivity contribution is 0.995. The first-order chi connectivity index (χ1) is 15.8. The second kappa shape index (κ2) is 7.66. The van der Waals surface area contributed by atoms with E-state index >= 15 is 0 Å². The summed E-state index contributed by atoms with van der Waals surface area (Å²) in [5, 5.41) is 0. The molecule has 0 heterocycles. The van der Waals surface area contributed by atoms with Gasteiger partial charge in [-0.25, -0.2) is 0 Å². The van der Waals surface area contributed by atoms with Crippen molar-refractivity contribution in [2.24, 2.45) is 0 Å². The third-order valence-electron chi connectivity index (χ3n) is 6.70. The number of fused-ring (bicyclic) bond motifs is 3. The van der Waals surface area contributed by atoms with Gasteiger partial charge in [0.1, 0.15) is 0 Å². The van der Waals surface area contributed by atoms with E-state index < -0.39 is 0 Å². The zero-order valence-electron chi connectivity index (χ0n) is 18.1. The van der Waals surface area contributed by atoms with Crippen LogP contribution in [0.15, 0.2) is 138 Å². The molecular formula is C32H24. The average molecular weight is 409 g/mol. The van der Waals surface area contributed by atoms with Gasteiger partial charge in [-0.3, -0.25) is 0 Å². The highest BCUT2D eigenvalue weighted by atomic mass is 14.4. The Bertz CT molecular complexity index is 1310. The Labute approximate surface area is 189 Å². The zero-order valence-corrected chi connectivity index (χ0v) is 18.1. The molecular weight excluding hydrogens is 384 g/mol. The van der Waals surface area contributed by atoms with Crippen molar-refractivity contribution in [2.45, 2.75) is 12.8 Å². The summed E-state index contributed by atoms with van der Waals surface area (Å²) >= 11 is 0. The van der Waals surface area contributed by atoms with Crippen molar-refractivity contribution in [3.63, 3.8) is 0 Å². The van der Waals surface area contributed by atoms with Crippen molar-refractivity contribution < 1.29 is 0 Å². The number of hydrogen-bond donors (Lipinski definition) is 0. The highest BCUT2D eigenvalue weighted by molar-refractivity contribution is 5.88. The van der Waals surface area contributed by atoms with Gasteiger partial charge in [0.25, 0.3) is 0 Å². The molecule has 0 bridgehead atoms. The number of benzene rings is 4. The van der Waals surface area contributed by atoms with Crippen LogP contribution in [0.4, 0.5) is 0 Å². The summed E-state index contributed by atoms with van der Waals surface area (Å²) in [7, 11) is 0. The van der Waals surface area contributed by atoms with Crippen LogP contribution in [-0.2, 0) is 0 Å². The largest absolute Gasteiger partial charge is 0.0622 e. The molecule has 0 unspecified atom stereocenters. The predicted molar refractivity (Wildman–Crippen MR) is 134 cm³/mol. The van der Waals surface area contributed by atoms with Gasteiger partial charge in [0, 0.05) is 5.92 Å².